The van der Waals surface area contributed by atoms with Gasteiger partial charge >= 0.3 is 7.12 Å². The van der Waals surface area contributed by atoms with Gasteiger partial charge < -0.3 is 62.2 Å². The molecule has 0 aliphatic carbocycles. The van der Waals surface area contributed by atoms with E-state index in [9.17, 15) is 9.18 Å². The minimum Gasteiger partial charge on any atom is -0.432 e. The van der Waals surface area contributed by atoms with Crippen molar-refractivity contribution in [3.8, 4) is 11.4 Å². The van der Waals surface area contributed by atoms with Crippen LogP contribution in [-0.2, 0) is 27.3 Å². The molecule has 0 unspecified atom stereocenters. The van der Waals surface area contributed by atoms with E-state index in [1.165, 1.54) is 55.8 Å². The second kappa shape index (κ2) is 33.0. The third-order valence-electron chi connectivity index (χ3n) is 18.1. The second-order valence-corrected chi connectivity index (χ2v) is 25.0. The molecule has 4 N–H and O–H groups in total. The lowest BCUT2D eigenvalue weighted by Gasteiger charge is -2.27. The Bertz CT molecular complexity index is 4960. The molecule has 522 valence electrons. The largest absolute Gasteiger partial charge is 0.489 e. The maximum atomic E-state index is 10.9. The van der Waals surface area contributed by atoms with Crippen molar-refractivity contribution in [1.82, 2.24) is 64.6 Å². The number of nitrogens with zero attached hydrogens (tertiary/aromatic N) is 14. The molecule has 100 heavy (non-hydrogen) atoms. The second-order valence-electron chi connectivity index (χ2n) is 24.4. The number of aromatic amines is 2. The number of ether oxygens (including phenoxy) is 3. The zero-order chi connectivity index (χ0) is 67.8. The summed E-state index contributed by atoms with van der Waals surface area (Å²) >= 11 is 12.3. The van der Waals surface area contributed by atoms with Crippen molar-refractivity contribution >= 4 is 172 Å². The van der Waals surface area contributed by atoms with Gasteiger partial charge in [0.05, 0.1) is 64.3 Å². The summed E-state index contributed by atoms with van der Waals surface area (Å²) in [6, 6.07) is 21.5. The highest BCUT2D eigenvalue weighted by atomic mass is 127. The smallest absolute Gasteiger partial charge is 0.432 e. The molecular weight excluding hydrogens is 1440 g/mol. The number of piperidine rings is 2. The highest BCUT2D eigenvalue weighted by Crippen LogP contribution is 2.39. The lowest BCUT2D eigenvalue weighted by Crippen LogP contribution is -2.37. The molecular formula is C70H77BCl2FIN16O9. The van der Waals surface area contributed by atoms with Crippen LogP contribution in [0.1, 0.15) is 68.8 Å². The van der Waals surface area contributed by atoms with E-state index in [0.29, 0.717) is 120 Å². The van der Waals surface area contributed by atoms with Gasteiger partial charge in [-0.15, -0.1) is 24.0 Å². The molecule has 18 rings (SSSR count). The first kappa shape index (κ1) is 70.2. The molecule has 0 bridgehead atoms. The summed E-state index contributed by atoms with van der Waals surface area (Å²) in [5.41, 5.74) is 12.0. The Morgan fingerprint density at radius 2 is 0.960 bits per heavy atom. The number of aldehydes is 1. The van der Waals surface area contributed by atoms with Crippen LogP contribution in [0.15, 0.2) is 111 Å². The quantitative estimate of drug-likeness (QED) is 0.0428. The number of carbonyl (C=O) groups is 1. The zero-order valence-corrected chi connectivity index (χ0v) is 58.0. The number of hydrogen-bond donors (Lipinski definition) is 4. The lowest BCUT2D eigenvalue weighted by molar-refractivity contribution is 0.112. The number of furan rings is 3. The van der Waals surface area contributed by atoms with Crippen molar-refractivity contribution in [3.05, 3.63) is 125 Å². The zero-order valence-electron chi connectivity index (χ0n) is 55.1. The molecule has 2 aromatic carbocycles. The Labute approximate surface area is 603 Å². The normalized spacial score (nSPS) is 16.2. The van der Waals surface area contributed by atoms with Gasteiger partial charge in [-0.05, 0) is 140 Å². The Kier molecular flexibility index (Phi) is 23.2. The molecule has 5 aliphatic rings. The van der Waals surface area contributed by atoms with Crippen LogP contribution in [0.2, 0.25) is 10.6 Å². The van der Waals surface area contributed by atoms with Crippen LogP contribution in [0, 0.1) is 0 Å². The number of likely N-dealkylation sites (tertiary alicyclic amines) is 2. The fourth-order valence-corrected chi connectivity index (χ4v) is 13.6. The fraction of sp³-hybridized carbons (Fsp3) is 0.371. The van der Waals surface area contributed by atoms with Gasteiger partial charge in [0.2, 0.25) is 27.7 Å². The maximum absolute atomic E-state index is 10.9. The number of anilines is 3. The van der Waals surface area contributed by atoms with E-state index in [2.05, 4.69) is 89.8 Å². The average molecular weight is 1520 g/mol. The van der Waals surface area contributed by atoms with Gasteiger partial charge in [0, 0.05) is 111 Å². The van der Waals surface area contributed by atoms with Gasteiger partial charge in [0.15, 0.2) is 46.3 Å². The first-order valence-electron chi connectivity index (χ1n) is 33.6. The topological polar surface area (TPSA) is 288 Å². The predicted octanol–water partition coefficient (Wildman–Crippen LogP) is 11.7. The van der Waals surface area contributed by atoms with Crippen LogP contribution < -0.4 is 20.2 Å². The average Bonchev–Trinajstić information content (AvgIpc) is 1.64. The number of pyridine rings is 3. The summed E-state index contributed by atoms with van der Waals surface area (Å²) in [4.78, 5) is 69.6. The van der Waals surface area contributed by atoms with Crippen LogP contribution in [0.5, 0.6) is 0 Å². The van der Waals surface area contributed by atoms with Gasteiger partial charge in [-0.1, -0.05) is 44.5 Å². The van der Waals surface area contributed by atoms with Gasteiger partial charge in [-0.25, -0.2) is 34.9 Å². The van der Waals surface area contributed by atoms with E-state index in [-0.39, 0.29) is 42.0 Å². The molecule has 0 saturated carbocycles. The standard InChI is InChI=1S/C27H28N6O2.C19H22ClN5O2.C14H11ClN4O3.C8H8BNO2.CH3F.CH4.HI/c1-2-9-32(10-3-1)17-18-15-21-23-24(35-27(21)29-16-18)26(33-11-13-34-14-12-33)31-25(30-23)20-5-4-6-22-19(20)7-8-28-22;20-19-22-15-14-10-13(12-24-4-2-1-3-5-24)11-21-18(14)27-16(15)17(23-19)25-6-8-26-9-7-25;15-14-17-10-9-5-8(7-20)6-16-13(9)22-11(10)12(18-14)19-1-3-21-4-2-19;11-9(12)7-2-1-3-8-6(7)4-5-10-8;1-2;;/h4-8,15-16,28H,1-3,9-14,17H2;10-11H,1-9,12H2;5-7H,1-4H2;1-5,10-12H;1H3;1H4;1H/i;;;;1D;;. The minimum atomic E-state index is -1.40. The number of fused-ring (bicyclic) bond motifs is 11. The first-order chi connectivity index (χ1) is 48.6. The Balaban J connectivity index is 0.000000131. The monoisotopic (exact) mass is 1510 g/mol. The van der Waals surface area contributed by atoms with E-state index in [1.807, 2.05) is 41.7 Å². The molecule has 25 nitrogen and oxygen atoms in total. The molecule has 30 heteroatoms. The summed E-state index contributed by atoms with van der Waals surface area (Å²) < 4.78 is 50.1. The van der Waals surface area contributed by atoms with E-state index in [4.69, 9.17) is 77.0 Å². The summed E-state index contributed by atoms with van der Waals surface area (Å²) in [7, 11) is -2.40. The molecule has 16 heterocycles. The van der Waals surface area contributed by atoms with Crippen molar-refractivity contribution in [2.45, 2.75) is 59.0 Å². The molecule has 13 aromatic rings. The predicted molar refractivity (Wildman–Crippen MR) is 399 cm³/mol. The summed E-state index contributed by atoms with van der Waals surface area (Å²) in [6.45, 7) is 14.8. The van der Waals surface area contributed by atoms with Crippen LogP contribution in [0.25, 0.3) is 99.8 Å². The van der Waals surface area contributed by atoms with Crippen LogP contribution in [0.3, 0.4) is 0 Å². The van der Waals surface area contributed by atoms with Crippen molar-refractivity contribution < 1.29 is 48.1 Å². The lowest BCUT2D eigenvalue weighted by atomic mass is 9.78. The van der Waals surface area contributed by atoms with E-state index < -0.39 is 14.3 Å². The third-order valence-corrected chi connectivity index (χ3v) is 18.4. The minimum absolute atomic E-state index is 0. The third kappa shape index (κ3) is 15.6. The van der Waals surface area contributed by atoms with E-state index in [0.717, 1.165) is 133 Å². The van der Waals surface area contributed by atoms with Gasteiger partial charge in [-0.2, -0.15) is 9.97 Å². The fourth-order valence-electron chi connectivity index (χ4n) is 13.3. The highest BCUT2D eigenvalue weighted by Gasteiger charge is 2.28. The van der Waals surface area contributed by atoms with Crippen molar-refractivity contribution in [2.75, 3.05) is 127 Å². The molecule has 0 atom stereocenters. The molecule has 0 amide bonds. The number of alkyl halides is 1. The van der Waals surface area contributed by atoms with Gasteiger partial charge in [-0.3, -0.25) is 19.0 Å². The number of nitrogens with one attached hydrogen (secondary N) is 2. The number of H-pyrrole nitrogens is 2. The summed E-state index contributed by atoms with van der Waals surface area (Å²) in [5.74, 6) is 2.87. The number of hydrogen-bond acceptors (Lipinski definition) is 23. The Morgan fingerprint density at radius 1 is 0.540 bits per heavy atom. The van der Waals surface area contributed by atoms with Crippen LogP contribution in [-0.4, -0.2) is 200 Å². The number of rotatable bonds is 10. The number of morpholine rings is 3. The first-order valence-corrected chi connectivity index (χ1v) is 33.6. The molecule has 0 radical (unpaired) electrons. The Morgan fingerprint density at radius 3 is 1.43 bits per heavy atom. The van der Waals surface area contributed by atoms with Crippen molar-refractivity contribution in [3.63, 3.8) is 0 Å². The Hall–Kier alpha value is -8.30. The highest BCUT2D eigenvalue weighted by molar-refractivity contribution is 14.0. The molecule has 5 aliphatic heterocycles. The number of benzene rings is 2. The summed E-state index contributed by atoms with van der Waals surface area (Å²) in [6.07, 6.45) is 17.5. The van der Waals surface area contributed by atoms with Crippen LogP contribution in [0.4, 0.5) is 21.8 Å². The maximum Gasteiger partial charge on any atom is 0.489 e. The van der Waals surface area contributed by atoms with Gasteiger partial charge in [0.1, 0.15) is 16.6 Å². The van der Waals surface area contributed by atoms with Crippen molar-refractivity contribution in [1.29, 1.82) is 0 Å². The van der Waals surface area contributed by atoms with E-state index >= 15 is 0 Å². The molecule has 5 fully saturated rings. The number of halogens is 4. The molecule has 5 saturated heterocycles. The number of aromatic nitrogens is 11. The van der Waals surface area contributed by atoms with E-state index in [1.54, 1.807) is 24.4 Å². The summed E-state index contributed by atoms with van der Waals surface area (Å²) in [5, 5.41) is 22.8. The molecule has 0 spiro atoms. The van der Waals surface area contributed by atoms with Gasteiger partial charge in [0.25, 0.3) is 0 Å². The number of carbonyl (C=O) groups excluding carboxylic acids is 1. The molecule has 11 aromatic heterocycles. The van der Waals surface area contributed by atoms with Crippen molar-refractivity contribution in [2.24, 2.45) is 0 Å². The SMILES string of the molecule is C.Clc1nc(N2CCOCC2)c2oc3ncc(CN4CCCCC4)cc3c2n1.I.O=Cc1cnc2oc3c(N4CCOCC4)nc(Cl)nc3c2c1.OB(O)c1cccc2[nH]ccc12.[2H]CF.c1cc(-c2nc(N3CCOCC3)c3oc4ncc(CN5CCCCC5)cc4c3n2)c2cc[nH]c2c1. The van der Waals surface area contributed by atoms with Crippen LogP contribution >= 0.6 is 47.2 Å².